The van der Waals surface area contributed by atoms with Gasteiger partial charge in [-0.1, -0.05) is 0 Å². The first-order valence-corrected chi connectivity index (χ1v) is 8.28. The summed E-state index contributed by atoms with van der Waals surface area (Å²) in [7, 11) is 3.71. The van der Waals surface area contributed by atoms with Gasteiger partial charge in [0.15, 0.2) is 0 Å². The van der Waals surface area contributed by atoms with Crippen molar-refractivity contribution in [2.45, 2.75) is 25.8 Å². The first kappa shape index (κ1) is 15.2. The summed E-state index contributed by atoms with van der Waals surface area (Å²) in [6.07, 6.45) is 2.76. The zero-order valence-electron chi connectivity index (χ0n) is 13.2. The van der Waals surface area contributed by atoms with Crippen LogP contribution in [-0.4, -0.2) is 40.8 Å². The molecular weight excluding hydrogens is 298 g/mol. The second-order valence-corrected chi connectivity index (χ2v) is 7.21. The second-order valence-electron chi connectivity index (χ2n) is 5.84. The Morgan fingerprint density at radius 3 is 3.00 bits per heavy atom. The van der Waals surface area contributed by atoms with E-state index in [1.807, 2.05) is 20.3 Å². The van der Waals surface area contributed by atoms with E-state index in [0.29, 0.717) is 18.7 Å². The maximum Gasteiger partial charge on any atom is 0.257 e. The molecule has 1 atom stereocenters. The van der Waals surface area contributed by atoms with E-state index in [1.54, 1.807) is 20.9 Å². The predicted molar refractivity (Wildman–Crippen MR) is 86.2 cm³/mol. The maximum absolute atomic E-state index is 12.8. The lowest BCUT2D eigenvalue weighted by Gasteiger charge is -2.17. The number of thiophene rings is 1. The number of hydrogen-bond donors (Lipinski definition) is 0. The molecule has 0 spiro atoms. The van der Waals surface area contributed by atoms with Crippen LogP contribution in [0.25, 0.3) is 0 Å². The molecule has 5 nitrogen and oxygen atoms in total. The van der Waals surface area contributed by atoms with Crippen LogP contribution in [0.3, 0.4) is 0 Å². The van der Waals surface area contributed by atoms with Crippen LogP contribution in [0.4, 0.5) is 0 Å². The molecule has 0 aromatic carbocycles. The summed E-state index contributed by atoms with van der Waals surface area (Å²) in [5.74, 6) is 0.263. The van der Waals surface area contributed by atoms with Gasteiger partial charge in [0.2, 0.25) is 0 Å². The molecule has 1 aliphatic rings. The van der Waals surface area contributed by atoms with E-state index in [9.17, 15) is 4.79 Å². The zero-order valence-corrected chi connectivity index (χ0v) is 14.0. The van der Waals surface area contributed by atoms with Gasteiger partial charge in [-0.3, -0.25) is 9.48 Å². The Kier molecular flexibility index (Phi) is 4.31. The molecule has 1 fully saturated rings. The van der Waals surface area contributed by atoms with Crippen molar-refractivity contribution in [3.8, 4) is 0 Å². The van der Waals surface area contributed by atoms with Gasteiger partial charge < -0.3 is 9.64 Å². The number of hydrogen-bond acceptors (Lipinski definition) is 4. The third kappa shape index (κ3) is 3.08. The van der Waals surface area contributed by atoms with Crippen LogP contribution in [0, 0.1) is 6.92 Å². The fraction of sp³-hybridized carbons (Fsp3) is 0.500. The molecule has 3 rings (SSSR count). The number of rotatable bonds is 4. The lowest BCUT2D eigenvalue weighted by atomic mass is 10.0. The Hall–Kier alpha value is -1.66. The Morgan fingerprint density at radius 2 is 2.36 bits per heavy atom. The standard InChI is InChI=1S/C16H21N3O2S/c1-11-4-5-13(22-11)8-18(2)16(20)14-9-19(3)17-15(14)12-6-7-21-10-12/h4-5,9,12H,6-8,10H2,1-3H3. The second kappa shape index (κ2) is 6.22. The molecule has 118 valence electrons. The number of aromatic nitrogens is 2. The van der Waals surface area contributed by atoms with E-state index in [1.165, 1.54) is 9.75 Å². The van der Waals surface area contributed by atoms with E-state index >= 15 is 0 Å². The molecule has 22 heavy (non-hydrogen) atoms. The minimum Gasteiger partial charge on any atom is -0.381 e. The van der Waals surface area contributed by atoms with Crippen molar-refractivity contribution in [3.05, 3.63) is 39.3 Å². The molecule has 0 radical (unpaired) electrons. The molecule has 0 aliphatic carbocycles. The van der Waals surface area contributed by atoms with Crippen LogP contribution in [0.1, 0.15) is 38.1 Å². The fourth-order valence-corrected chi connectivity index (χ4v) is 3.75. The van der Waals surface area contributed by atoms with Gasteiger partial charge in [0.1, 0.15) is 0 Å². The summed E-state index contributed by atoms with van der Waals surface area (Å²) >= 11 is 1.73. The molecule has 0 bridgehead atoms. The summed E-state index contributed by atoms with van der Waals surface area (Å²) in [5, 5.41) is 4.50. The highest BCUT2D eigenvalue weighted by Gasteiger charge is 2.28. The minimum atomic E-state index is 0.0288. The lowest BCUT2D eigenvalue weighted by Crippen LogP contribution is -2.26. The normalized spacial score (nSPS) is 17.9. The van der Waals surface area contributed by atoms with Crippen molar-refractivity contribution in [1.82, 2.24) is 14.7 Å². The van der Waals surface area contributed by atoms with Crippen molar-refractivity contribution in [2.24, 2.45) is 7.05 Å². The average molecular weight is 319 g/mol. The smallest absolute Gasteiger partial charge is 0.257 e. The van der Waals surface area contributed by atoms with E-state index in [4.69, 9.17) is 4.74 Å². The van der Waals surface area contributed by atoms with Crippen molar-refractivity contribution in [3.63, 3.8) is 0 Å². The highest BCUT2D eigenvalue weighted by Crippen LogP contribution is 2.27. The Bertz CT molecular complexity index is 671. The van der Waals surface area contributed by atoms with Gasteiger partial charge >= 0.3 is 0 Å². The number of carbonyl (C=O) groups is 1. The molecule has 0 N–H and O–H groups in total. The SMILES string of the molecule is Cc1ccc(CN(C)C(=O)c2cn(C)nc2C2CCOC2)s1. The first-order valence-electron chi connectivity index (χ1n) is 7.46. The molecule has 3 heterocycles. The molecule has 0 saturated carbocycles. The maximum atomic E-state index is 12.8. The lowest BCUT2D eigenvalue weighted by molar-refractivity contribution is 0.0784. The highest BCUT2D eigenvalue weighted by molar-refractivity contribution is 7.11. The Labute approximate surface area is 134 Å². The van der Waals surface area contributed by atoms with Crippen LogP contribution in [0.2, 0.25) is 0 Å². The monoisotopic (exact) mass is 319 g/mol. The van der Waals surface area contributed by atoms with Crippen LogP contribution in [0.5, 0.6) is 0 Å². The fourth-order valence-electron chi connectivity index (χ4n) is 2.80. The summed E-state index contributed by atoms with van der Waals surface area (Å²) in [6.45, 7) is 4.12. The van der Waals surface area contributed by atoms with E-state index in [-0.39, 0.29) is 11.8 Å². The molecule has 2 aromatic heterocycles. The van der Waals surface area contributed by atoms with Crippen molar-refractivity contribution in [2.75, 3.05) is 20.3 Å². The Morgan fingerprint density at radius 1 is 1.55 bits per heavy atom. The van der Waals surface area contributed by atoms with Crippen molar-refractivity contribution >= 4 is 17.2 Å². The van der Waals surface area contributed by atoms with Gasteiger partial charge in [-0.25, -0.2) is 0 Å². The summed E-state index contributed by atoms with van der Waals surface area (Å²) < 4.78 is 7.17. The van der Waals surface area contributed by atoms with E-state index < -0.39 is 0 Å². The third-order valence-corrected chi connectivity index (χ3v) is 4.93. The number of amides is 1. The van der Waals surface area contributed by atoms with Gasteiger partial charge in [0.25, 0.3) is 5.91 Å². The highest BCUT2D eigenvalue weighted by atomic mass is 32.1. The molecule has 1 aliphatic heterocycles. The van der Waals surface area contributed by atoms with Crippen LogP contribution >= 0.6 is 11.3 Å². The Balaban J connectivity index is 1.79. The molecule has 6 heteroatoms. The molecule has 2 aromatic rings. The van der Waals surface area contributed by atoms with Gasteiger partial charge in [-0.05, 0) is 25.5 Å². The summed E-state index contributed by atoms with van der Waals surface area (Å²) in [6, 6.07) is 4.17. The van der Waals surface area contributed by atoms with Crippen molar-refractivity contribution < 1.29 is 9.53 Å². The largest absolute Gasteiger partial charge is 0.381 e. The first-order chi connectivity index (χ1) is 10.5. The van der Waals surface area contributed by atoms with Gasteiger partial charge in [-0.2, -0.15) is 5.10 Å². The zero-order chi connectivity index (χ0) is 15.7. The van der Waals surface area contributed by atoms with Gasteiger partial charge in [0.05, 0.1) is 24.4 Å². The summed E-state index contributed by atoms with van der Waals surface area (Å²) in [5.41, 5.74) is 1.58. The third-order valence-electron chi connectivity index (χ3n) is 3.94. The number of ether oxygens (including phenoxy) is 1. The minimum absolute atomic E-state index is 0.0288. The van der Waals surface area contributed by atoms with Gasteiger partial charge in [0, 0.05) is 42.6 Å². The number of nitrogens with zero attached hydrogens (tertiary/aromatic N) is 3. The summed E-state index contributed by atoms with van der Waals surface area (Å²) in [4.78, 5) is 17.0. The van der Waals surface area contributed by atoms with Gasteiger partial charge in [-0.15, -0.1) is 11.3 Å². The van der Waals surface area contributed by atoms with Crippen LogP contribution in [0.15, 0.2) is 18.3 Å². The van der Waals surface area contributed by atoms with Crippen LogP contribution < -0.4 is 0 Å². The molecule has 1 saturated heterocycles. The van der Waals surface area contributed by atoms with E-state index in [0.717, 1.165) is 18.7 Å². The topological polar surface area (TPSA) is 47.4 Å². The number of carbonyl (C=O) groups excluding carboxylic acids is 1. The molecule has 1 amide bonds. The van der Waals surface area contributed by atoms with Crippen LogP contribution in [-0.2, 0) is 18.3 Å². The van der Waals surface area contributed by atoms with E-state index in [2.05, 4.69) is 24.2 Å². The molecule has 1 unspecified atom stereocenters. The molecular formula is C16H21N3O2S. The number of aryl methyl sites for hydroxylation is 2. The quantitative estimate of drug-likeness (QED) is 0.870. The van der Waals surface area contributed by atoms with Crippen molar-refractivity contribution in [1.29, 1.82) is 0 Å². The average Bonchev–Trinajstić information content (AvgIpc) is 3.18. The predicted octanol–water partition coefficient (Wildman–Crippen LogP) is 2.57.